The Morgan fingerprint density at radius 1 is 1.20 bits per heavy atom. The number of non-ortho nitro benzene ring substituents is 1. The minimum atomic E-state index is -0.388. The minimum absolute atomic E-state index is 0.0733. The number of rotatable bonds is 3. The van der Waals surface area contributed by atoms with E-state index >= 15 is 0 Å². The summed E-state index contributed by atoms with van der Waals surface area (Å²) in [5.41, 5.74) is 10.5. The summed E-state index contributed by atoms with van der Waals surface area (Å²) in [6, 6.07) is 6.57. The summed E-state index contributed by atoms with van der Waals surface area (Å²) in [7, 11) is 0. The van der Waals surface area contributed by atoms with Crippen LogP contribution in [0.5, 0.6) is 0 Å². The quantitative estimate of drug-likeness (QED) is 0.474. The molecule has 0 spiro atoms. The zero-order chi connectivity index (χ0) is 21.0. The third-order valence-electron chi connectivity index (χ3n) is 6.03. The molecule has 0 aliphatic carbocycles. The van der Waals surface area contributed by atoms with Crippen LogP contribution < -0.4 is 10.6 Å². The first-order valence-corrected chi connectivity index (χ1v) is 11.0. The van der Waals surface area contributed by atoms with Gasteiger partial charge < -0.3 is 15.4 Å². The summed E-state index contributed by atoms with van der Waals surface area (Å²) in [5, 5.41) is 12.0. The van der Waals surface area contributed by atoms with E-state index in [1.807, 2.05) is 0 Å². The lowest BCUT2D eigenvalue weighted by Gasteiger charge is -2.34. The van der Waals surface area contributed by atoms with Gasteiger partial charge in [-0.05, 0) is 49.9 Å². The number of nitrogens with two attached hydrogens (primary N) is 1. The van der Waals surface area contributed by atoms with E-state index in [0.29, 0.717) is 12.3 Å². The van der Waals surface area contributed by atoms with Crippen LogP contribution in [-0.2, 0) is 17.8 Å². The molecule has 0 saturated carbocycles. The van der Waals surface area contributed by atoms with Crippen LogP contribution >= 0.6 is 11.3 Å². The summed E-state index contributed by atoms with van der Waals surface area (Å²) >= 11 is 1.56. The van der Waals surface area contributed by atoms with Crippen molar-refractivity contribution in [2.24, 2.45) is 0 Å². The number of ether oxygens (including phenoxy) is 1. The molecule has 2 aliphatic heterocycles. The van der Waals surface area contributed by atoms with Crippen LogP contribution in [0.3, 0.4) is 0 Å². The summed E-state index contributed by atoms with van der Waals surface area (Å²) < 4.78 is 6.14. The second-order valence-electron chi connectivity index (χ2n) is 8.64. The van der Waals surface area contributed by atoms with E-state index in [1.54, 1.807) is 23.5 Å². The topological polar surface area (TPSA) is 94.5 Å². The Labute approximate surface area is 178 Å². The van der Waals surface area contributed by atoms with Gasteiger partial charge in [0.1, 0.15) is 10.6 Å². The number of fused-ring (bicyclic) bond motifs is 3. The predicted molar refractivity (Wildman–Crippen MR) is 120 cm³/mol. The predicted octanol–water partition coefficient (Wildman–Crippen LogP) is 4.91. The van der Waals surface area contributed by atoms with Gasteiger partial charge in [-0.1, -0.05) is 0 Å². The Bertz CT molecular complexity index is 1150. The Balaban J connectivity index is 1.70. The van der Waals surface area contributed by atoms with Crippen molar-refractivity contribution in [1.82, 2.24) is 4.98 Å². The van der Waals surface area contributed by atoms with E-state index in [0.717, 1.165) is 51.5 Å². The molecular weight excluding hydrogens is 400 g/mol. The van der Waals surface area contributed by atoms with Crippen molar-refractivity contribution in [2.45, 2.75) is 45.3 Å². The average Bonchev–Trinajstić information content (AvgIpc) is 3.35. The van der Waals surface area contributed by atoms with Gasteiger partial charge in [0.25, 0.3) is 5.69 Å². The molecule has 156 valence electrons. The highest BCUT2D eigenvalue weighted by atomic mass is 32.1. The molecule has 3 aromatic rings. The molecule has 5 rings (SSSR count). The van der Waals surface area contributed by atoms with E-state index in [-0.39, 0.29) is 16.2 Å². The van der Waals surface area contributed by atoms with E-state index < -0.39 is 0 Å². The van der Waals surface area contributed by atoms with E-state index in [1.165, 1.54) is 30.5 Å². The molecule has 0 radical (unpaired) electrons. The minimum Gasteiger partial charge on any atom is -0.397 e. The van der Waals surface area contributed by atoms with Gasteiger partial charge in [-0.2, -0.15) is 0 Å². The highest BCUT2D eigenvalue weighted by Crippen LogP contribution is 2.47. The smallest absolute Gasteiger partial charge is 0.269 e. The molecule has 8 heteroatoms. The van der Waals surface area contributed by atoms with Crippen molar-refractivity contribution in [3.63, 3.8) is 0 Å². The van der Waals surface area contributed by atoms with Gasteiger partial charge >= 0.3 is 0 Å². The van der Waals surface area contributed by atoms with Gasteiger partial charge in [-0.3, -0.25) is 10.1 Å². The van der Waals surface area contributed by atoms with Crippen LogP contribution in [0.2, 0.25) is 0 Å². The Kier molecular flexibility index (Phi) is 4.44. The molecular formula is C22H24N4O3S. The molecule has 2 aliphatic rings. The molecule has 0 amide bonds. The largest absolute Gasteiger partial charge is 0.397 e. The second kappa shape index (κ2) is 6.92. The van der Waals surface area contributed by atoms with Crippen molar-refractivity contribution in [1.29, 1.82) is 0 Å². The number of hydrogen-bond donors (Lipinski definition) is 1. The molecule has 0 atom stereocenters. The van der Waals surface area contributed by atoms with Gasteiger partial charge in [0.05, 0.1) is 27.7 Å². The first kappa shape index (κ1) is 19.3. The van der Waals surface area contributed by atoms with E-state index in [9.17, 15) is 10.1 Å². The van der Waals surface area contributed by atoms with Gasteiger partial charge in [0.2, 0.25) is 0 Å². The van der Waals surface area contributed by atoms with Crippen LogP contribution in [-0.4, -0.2) is 28.6 Å². The zero-order valence-corrected chi connectivity index (χ0v) is 17.9. The molecule has 1 saturated heterocycles. The number of pyridine rings is 1. The molecule has 1 fully saturated rings. The standard InChI is InChI=1S/C22H24N4O3S/c1-22(2)11-15-16(12-29-22)20(25-9-3-4-10-25)24-21-17(15)18(23)19(30-21)13-5-7-14(8-6-13)26(27)28/h5-8H,3-4,9-12,23H2,1-2H3. The van der Waals surface area contributed by atoms with Crippen LogP contribution in [0.1, 0.15) is 37.8 Å². The van der Waals surface area contributed by atoms with Crippen LogP contribution in [0.15, 0.2) is 24.3 Å². The number of thiophene rings is 1. The van der Waals surface area contributed by atoms with Crippen LogP contribution in [0, 0.1) is 10.1 Å². The first-order chi connectivity index (χ1) is 14.3. The second-order valence-corrected chi connectivity index (χ2v) is 9.64. The third-order valence-corrected chi connectivity index (χ3v) is 7.17. The third kappa shape index (κ3) is 3.11. The molecule has 7 nitrogen and oxygen atoms in total. The molecule has 2 N–H and O–H groups in total. The summed E-state index contributed by atoms with van der Waals surface area (Å²) in [6.45, 7) is 6.79. The maximum Gasteiger partial charge on any atom is 0.269 e. The monoisotopic (exact) mass is 424 g/mol. The van der Waals surface area contributed by atoms with Gasteiger partial charge in [-0.25, -0.2) is 4.98 Å². The lowest BCUT2D eigenvalue weighted by Crippen LogP contribution is -2.34. The highest BCUT2D eigenvalue weighted by Gasteiger charge is 2.33. The normalized spacial score (nSPS) is 18.0. The molecule has 0 bridgehead atoms. The van der Waals surface area contributed by atoms with E-state index in [4.69, 9.17) is 15.5 Å². The number of aromatic nitrogens is 1. The number of nitro groups is 1. The fourth-order valence-corrected chi connectivity index (χ4v) is 5.61. The number of benzene rings is 1. The average molecular weight is 425 g/mol. The van der Waals surface area contributed by atoms with Crippen molar-refractivity contribution >= 4 is 38.7 Å². The SMILES string of the molecule is CC1(C)Cc2c(c(N3CCCC3)nc3sc(-c4ccc([N+](=O)[O-])cc4)c(N)c23)CO1. The van der Waals surface area contributed by atoms with E-state index in [2.05, 4.69) is 18.7 Å². The molecule has 1 aromatic carbocycles. The fraction of sp³-hybridized carbons (Fsp3) is 0.409. The number of hydrogen-bond acceptors (Lipinski definition) is 7. The Hall–Kier alpha value is -2.71. The number of nitro benzene ring substituents is 1. The number of nitrogens with zero attached hydrogens (tertiary/aromatic N) is 3. The molecule has 2 aromatic heterocycles. The van der Waals surface area contributed by atoms with Gasteiger partial charge in [0, 0.05) is 42.6 Å². The Morgan fingerprint density at radius 2 is 1.90 bits per heavy atom. The fourth-order valence-electron chi connectivity index (χ4n) is 4.48. The summed E-state index contributed by atoms with van der Waals surface area (Å²) in [5.74, 6) is 1.03. The Morgan fingerprint density at radius 3 is 2.57 bits per heavy atom. The van der Waals surface area contributed by atoms with Crippen molar-refractivity contribution in [3.8, 4) is 10.4 Å². The lowest BCUT2D eigenvalue weighted by molar-refractivity contribution is -0.384. The maximum absolute atomic E-state index is 11.0. The maximum atomic E-state index is 11.0. The lowest BCUT2D eigenvalue weighted by atomic mass is 9.89. The van der Waals surface area contributed by atoms with Crippen molar-refractivity contribution in [2.75, 3.05) is 23.7 Å². The molecule has 30 heavy (non-hydrogen) atoms. The van der Waals surface area contributed by atoms with Crippen LogP contribution in [0.25, 0.3) is 20.7 Å². The van der Waals surface area contributed by atoms with Crippen molar-refractivity contribution < 1.29 is 9.66 Å². The number of nitrogen functional groups attached to an aromatic ring is 1. The van der Waals surface area contributed by atoms with Crippen molar-refractivity contribution in [3.05, 3.63) is 45.5 Å². The molecule has 0 unspecified atom stereocenters. The summed E-state index contributed by atoms with van der Waals surface area (Å²) in [4.78, 5) is 19.9. The van der Waals surface area contributed by atoms with Gasteiger partial charge in [0.15, 0.2) is 0 Å². The van der Waals surface area contributed by atoms with Gasteiger partial charge in [-0.15, -0.1) is 11.3 Å². The van der Waals surface area contributed by atoms with Crippen LogP contribution in [0.4, 0.5) is 17.2 Å². The first-order valence-electron chi connectivity index (χ1n) is 10.2. The highest BCUT2D eigenvalue weighted by molar-refractivity contribution is 7.22. The summed E-state index contributed by atoms with van der Waals surface area (Å²) in [6.07, 6.45) is 3.14. The molecule has 4 heterocycles. The zero-order valence-electron chi connectivity index (χ0n) is 17.1. The number of anilines is 2.